The van der Waals surface area contributed by atoms with E-state index in [9.17, 15) is 4.79 Å². The van der Waals surface area contributed by atoms with Crippen molar-refractivity contribution in [1.82, 2.24) is 24.6 Å². The smallest absolute Gasteiger partial charge is 0.283 e. The van der Waals surface area contributed by atoms with Gasteiger partial charge in [-0.3, -0.25) is 14.4 Å². The number of aromatic nitrogens is 3. The van der Waals surface area contributed by atoms with Gasteiger partial charge >= 0.3 is 0 Å². The Bertz CT molecular complexity index is 749. The Labute approximate surface area is 156 Å². The van der Waals surface area contributed by atoms with Crippen molar-refractivity contribution >= 4 is 17.2 Å². The second kappa shape index (κ2) is 7.43. The van der Waals surface area contributed by atoms with Crippen LogP contribution in [-0.4, -0.2) is 75.7 Å². The highest BCUT2D eigenvalue weighted by molar-refractivity contribution is 7.11. The van der Waals surface area contributed by atoms with E-state index in [-0.39, 0.29) is 5.91 Å². The van der Waals surface area contributed by atoms with Crippen molar-refractivity contribution in [1.29, 1.82) is 0 Å². The molecular weight excluding hydrogens is 354 g/mol. The Balaban J connectivity index is 1.47. The summed E-state index contributed by atoms with van der Waals surface area (Å²) in [5, 5.41) is 6.58. The summed E-state index contributed by atoms with van der Waals surface area (Å²) in [4.78, 5) is 21.0. The van der Waals surface area contributed by atoms with Gasteiger partial charge in [0.2, 0.25) is 0 Å². The summed E-state index contributed by atoms with van der Waals surface area (Å²) in [6.45, 7) is 4.44. The van der Waals surface area contributed by atoms with Gasteiger partial charge in [0.1, 0.15) is 0 Å². The largest absolute Gasteiger partial charge is 0.347 e. The summed E-state index contributed by atoms with van der Waals surface area (Å²) >= 11 is 1.36. The molecule has 8 nitrogen and oxygen atoms in total. The standard InChI is InChI=1S/C17H23N5O3S/c1-20-10-14(9-19-20)11-21-4-2-6-24-17(12-21)13-22(5-7-25-17)16(23)15-18-3-8-26-15/h3,8-10H,2,4-7,11-13H2,1H3. The van der Waals surface area contributed by atoms with Gasteiger partial charge in [0.25, 0.3) is 5.91 Å². The van der Waals surface area contributed by atoms with Crippen LogP contribution in [0, 0.1) is 0 Å². The first kappa shape index (κ1) is 17.6. The van der Waals surface area contributed by atoms with Crippen LogP contribution in [0.1, 0.15) is 21.8 Å². The van der Waals surface area contributed by atoms with Gasteiger partial charge in [-0.2, -0.15) is 5.10 Å². The lowest BCUT2D eigenvalue weighted by molar-refractivity contribution is -0.261. The van der Waals surface area contributed by atoms with Crippen LogP contribution in [0.3, 0.4) is 0 Å². The fraction of sp³-hybridized carbons (Fsp3) is 0.588. The molecule has 1 spiro atoms. The SMILES string of the molecule is Cn1cc(CN2CCCOC3(C2)CN(C(=O)c2nccs2)CCO3)cn1. The zero-order chi connectivity index (χ0) is 18.0. The second-order valence-electron chi connectivity index (χ2n) is 6.76. The molecule has 4 rings (SSSR count). The molecule has 1 amide bonds. The number of carbonyl (C=O) groups excluding carboxylic acids is 1. The summed E-state index contributed by atoms with van der Waals surface area (Å²) in [7, 11) is 1.92. The Kier molecular flexibility index (Phi) is 5.03. The fourth-order valence-electron chi connectivity index (χ4n) is 3.54. The second-order valence-corrected chi connectivity index (χ2v) is 7.65. The molecule has 0 aliphatic carbocycles. The maximum absolute atomic E-state index is 12.7. The molecule has 2 fully saturated rings. The van der Waals surface area contributed by atoms with Crippen LogP contribution in [0.5, 0.6) is 0 Å². The molecule has 0 radical (unpaired) electrons. The van der Waals surface area contributed by atoms with E-state index >= 15 is 0 Å². The number of thiazole rings is 1. The summed E-state index contributed by atoms with van der Waals surface area (Å²) in [5.74, 6) is -0.821. The van der Waals surface area contributed by atoms with E-state index in [1.807, 2.05) is 29.5 Å². The predicted octanol–water partition coefficient (Wildman–Crippen LogP) is 0.968. The van der Waals surface area contributed by atoms with E-state index < -0.39 is 5.79 Å². The number of morpholine rings is 1. The Hall–Kier alpha value is -1.81. The maximum Gasteiger partial charge on any atom is 0.283 e. The quantitative estimate of drug-likeness (QED) is 0.794. The first-order valence-corrected chi connectivity index (χ1v) is 9.68. The molecule has 1 atom stereocenters. The molecule has 2 aromatic rings. The molecule has 1 unspecified atom stereocenters. The van der Waals surface area contributed by atoms with Crippen LogP contribution >= 0.6 is 11.3 Å². The highest BCUT2D eigenvalue weighted by Gasteiger charge is 2.42. The topological polar surface area (TPSA) is 72.7 Å². The van der Waals surface area contributed by atoms with Crippen molar-refractivity contribution in [2.75, 3.05) is 39.4 Å². The van der Waals surface area contributed by atoms with E-state index in [4.69, 9.17) is 9.47 Å². The van der Waals surface area contributed by atoms with Gasteiger partial charge in [0.05, 0.1) is 32.5 Å². The number of amides is 1. The summed E-state index contributed by atoms with van der Waals surface area (Å²) < 4.78 is 14.0. The van der Waals surface area contributed by atoms with Crippen molar-refractivity contribution < 1.29 is 14.3 Å². The lowest BCUT2D eigenvalue weighted by Crippen LogP contribution is -2.59. The van der Waals surface area contributed by atoms with Crippen molar-refractivity contribution in [3.05, 3.63) is 34.5 Å². The third-order valence-corrected chi connectivity index (χ3v) is 5.43. The molecule has 26 heavy (non-hydrogen) atoms. The molecule has 0 bridgehead atoms. The van der Waals surface area contributed by atoms with Gasteiger partial charge in [0.15, 0.2) is 10.8 Å². The normalized spacial score (nSPS) is 24.7. The van der Waals surface area contributed by atoms with Gasteiger partial charge < -0.3 is 14.4 Å². The van der Waals surface area contributed by atoms with Crippen LogP contribution in [0.4, 0.5) is 0 Å². The number of ether oxygens (including phenoxy) is 2. The average molecular weight is 377 g/mol. The van der Waals surface area contributed by atoms with Crippen LogP contribution in [0.15, 0.2) is 24.0 Å². The number of carbonyl (C=O) groups is 1. The van der Waals surface area contributed by atoms with Crippen LogP contribution < -0.4 is 0 Å². The van der Waals surface area contributed by atoms with Gasteiger partial charge in [-0.25, -0.2) is 4.98 Å². The minimum Gasteiger partial charge on any atom is -0.347 e. The minimum absolute atomic E-state index is 0.0469. The Morgan fingerprint density at radius 1 is 1.31 bits per heavy atom. The van der Waals surface area contributed by atoms with Gasteiger partial charge in [-0.1, -0.05) is 0 Å². The van der Waals surface area contributed by atoms with E-state index in [0.29, 0.717) is 37.9 Å². The number of aryl methyl sites for hydroxylation is 1. The molecule has 140 valence electrons. The Morgan fingerprint density at radius 2 is 2.19 bits per heavy atom. The number of hydrogen-bond acceptors (Lipinski definition) is 7. The number of hydrogen-bond donors (Lipinski definition) is 0. The number of rotatable bonds is 3. The molecule has 0 saturated carbocycles. The molecular formula is C17H23N5O3S. The molecule has 9 heteroatoms. The van der Waals surface area contributed by atoms with E-state index in [2.05, 4.69) is 15.0 Å². The highest BCUT2D eigenvalue weighted by Crippen LogP contribution is 2.26. The molecule has 2 aliphatic rings. The molecule has 2 aliphatic heterocycles. The lowest BCUT2D eigenvalue weighted by atomic mass is 10.2. The zero-order valence-corrected chi connectivity index (χ0v) is 15.7. The van der Waals surface area contributed by atoms with Gasteiger partial charge in [0, 0.05) is 50.0 Å². The zero-order valence-electron chi connectivity index (χ0n) is 14.8. The first-order valence-electron chi connectivity index (χ1n) is 8.80. The number of nitrogens with zero attached hydrogens (tertiary/aromatic N) is 5. The molecule has 0 aromatic carbocycles. The minimum atomic E-state index is -0.774. The summed E-state index contributed by atoms with van der Waals surface area (Å²) in [6, 6.07) is 0. The summed E-state index contributed by atoms with van der Waals surface area (Å²) in [5.41, 5.74) is 1.16. The molecule has 0 N–H and O–H groups in total. The van der Waals surface area contributed by atoms with Crippen molar-refractivity contribution in [2.24, 2.45) is 7.05 Å². The van der Waals surface area contributed by atoms with Gasteiger partial charge in [-0.15, -0.1) is 11.3 Å². The summed E-state index contributed by atoms with van der Waals surface area (Å²) in [6.07, 6.45) is 6.51. The van der Waals surface area contributed by atoms with Crippen LogP contribution in [0.2, 0.25) is 0 Å². The van der Waals surface area contributed by atoms with Crippen molar-refractivity contribution in [3.63, 3.8) is 0 Å². The molecule has 4 heterocycles. The van der Waals surface area contributed by atoms with Crippen molar-refractivity contribution in [2.45, 2.75) is 18.8 Å². The van der Waals surface area contributed by atoms with Gasteiger partial charge in [-0.05, 0) is 6.42 Å². The first-order chi connectivity index (χ1) is 12.6. The average Bonchev–Trinajstić information content (AvgIpc) is 3.26. The molecule has 2 aromatic heterocycles. The predicted molar refractivity (Wildman–Crippen MR) is 95.8 cm³/mol. The Morgan fingerprint density at radius 3 is 2.96 bits per heavy atom. The third kappa shape index (κ3) is 3.80. The lowest BCUT2D eigenvalue weighted by Gasteiger charge is -2.42. The van der Waals surface area contributed by atoms with E-state index in [1.165, 1.54) is 11.3 Å². The van der Waals surface area contributed by atoms with E-state index in [1.54, 1.807) is 11.1 Å². The fourth-order valence-corrected chi connectivity index (χ4v) is 4.14. The molecule has 2 saturated heterocycles. The van der Waals surface area contributed by atoms with Crippen molar-refractivity contribution in [3.8, 4) is 0 Å². The van der Waals surface area contributed by atoms with Crippen LogP contribution in [0.25, 0.3) is 0 Å². The van der Waals surface area contributed by atoms with E-state index in [0.717, 1.165) is 25.1 Å². The monoisotopic (exact) mass is 377 g/mol. The maximum atomic E-state index is 12.7. The third-order valence-electron chi connectivity index (χ3n) is 4.67. The van der Waals surface area contributed by atoms with Crippen LogP contribution in [-0.2, 0) is 23.1 Å². The highest BCUT2D eigenvalue weighted by atomic mass is 32.1.